The molecule has 5 heteroatoms. The lowest BCUT2D eigenvalue weighted by Crippen LogP contribution is -2.45. The first kappa shape index (κ1) is 22.7. The zero-order chi connectivity index (χ0) is 23.7. The molecule has 2 atom stereocenters. The van der Waals surface area contributed by atoms with Crippen LogP contribution in [-0.4, -0.2) is 41.7 Å². The first-order chi connectivity index (χ1) is 16.5. The Morgan fingerprint density at radius 2 is 2.12 bits per heavy atom. The Morgan fingerprint density at radius 1 is 1.29 bits per heavy atom. The second kappa shape index (κ2) is 9.29. The number of benzene rings is 2. The Kier molecular flexibility index (Phi) is 6.20. The Morgan fingerprint density at radius 3 is 2.82 bits per heavy atom. The van der Waals surface area contributed by atoms with Crippen molar-refractivity contribution in [3.63, 3.8) is 0 Å². The number of methoxy groups -OCH3 is 1. The molecule has 2 aromatic carbocycles. The van der Waals surface area contributed by atoms with Gasteiger partial charge in [0.15, 0.2) is 0 Å². The van der Waals surface area contributed by atoms with Crippen molar-refractivity contribution in [3.8, 4) is 12.3 Å². The number of terminal acetylenes is 1. The van der Waals surface area contributed by atoms with Crippen LogP contribution in [0.15, 0.2) is 42.6 Å². The molecule has 2 aliphatic heterocycles. The van der Waals surface area contributed by atoms with Crippen molar-refractivity contribution in [2.75, 3.05) is 20.3 Å². The molecular formula is C29H32N2O3. The molecule has 0 saturated carbocycles. The van der Waals surface area contributed by atoms with Gasteiger partial charge in [-0.05, 0) is 73.1 Å². The van der Waals surface area contributed by atoms with Gasteiger partial charge < -0.3 is 14.5 Å². The fourth-order valence-electron chi connectivity index (χ4n) is 5.88. The maximum absolute atomic E-state index is 12.0. The first-order valence-electron chi connectivity index (χ1n) is 12.1. The number of rotatable bonds is 5. The van der Waals surface area contributed by atoms with Gasteiger partial charge in [-0.3, -0.25) is 4.90 Å². The minimum Gasteiger partial charge on any atom is -0.465 e. The highest BCUT2D eigenvalue weighted by molar-refractivity contribution is 5.89. The van der Waals surface area contributed by atoms with Gasteiger partial charge in [-0.1, -0.05) is 18.2 Å². The minimum atomic E-state index is -0.309. The van der Waals surface area contributed by atoms with Crippen LogP contribution in [0.25, 0.3) is 10.9 Å². The summed E-state index contributed by atoms with van der Waals surface area (Å²) in [4.78, 5) is 17.9. The molecule has 1 spiro atoms. The summed E-state index contributed by atoms with van der Waals surface area (Å²) < 4.78 is 11.2. The third-order valence-corrected chi connectivity index (χ3v) is 7.66. The van der Waals surface area contributed by atoms with Crippen LogP contribution < -0.4 is 0 Å². The molecule has 0 aliphatic carbocycles. The molecule has 2 aliphatic rings. The van der Waals surface area contributed by atoms with E-state index < -0.39 is 0 Å². The van der Waals surface area contributed by atoms with E-state index in [-0.39, 0.29) is 17.6 Å². The summed E-state index contributed by atoms with van der Waals surface area (Å²) in [5, 5.41) is 1.25. The molecule has 1 aromatic heterocycles. The van der Waals surface area contributed by atoms with E-state index >= 15 is 0 Å². The number of aryl methyl sites for hydroxylation is 1. The largest absolute Gasteiger partial charge is 0.465 e. The molecule has 3 heterocycles. The summed E-state index contributed by atoms with van der Waals surface area (Å²) >= 11 is 0. The second-order valence-electron chi connectivity index (χ2n) is 9.67. The predicted octanol–water partition coefficient (Wildman–Crippen LogP) is 5.32. The van der Waals surface area contributed by atoms with Gasteiger partial charge in [-0.25, -0.2) is 4.79 Å². The Bertz CT molecular complexity index is 1230. The fraction of sp³-hybridized carbons (Fsp3) is 0.414. The average molecular weight is 457 g/mol. The quantitative estimate of drug-likeness (QED) is 0.417. The first-order valence-corrected chi connectivity index (χ1v) is 12.1. The maximum Gasteiger partial charge on any atom is 0.337 e. The third kappa shape index (κ3) is 4.13. The fourth-order valence-corrected chi connectivity index (χ4v) is 5.88. The van der Waals surface area contributed by atoms with Gasteiger partial charge >= 0.3 is 5.97 Å². The molecular weight excluding hydrogens is 424 g/mol. The van der Waals surface area contributed by atoms with Crippen molar-refractivity contribution in [1.29, 1.82) is 0 Å². The van der Waals surface area contributed by atoms with E-state index in [2.05, 4.69) is 47.0 Å². The van der Waals surface area contributed by atoms with Crippen molar-refractivity contribution < 1.29 is 14.3 Å². The molecule has 5 nitrogen and oxygen atoms in total. The predicted molar refractivity (Wildman–Crippen MR) is 134 cm³/mol. The summed E-state index contributed by atoms with van der Waals surface area (Å²) in [5.41, 5.74) is 6.68. The van der Waals surface area contributed by atoms with Crippen molar-refractivity contribution in [2.24, 2.45) is 0 Å². The van der Waals surface area contributed by atoms with Crippen LogP contribution in [0.5, 0.6) is 0 Å². The number of H-pyrrole nitrogens is 1. The lowest BCUT2D eigenvalue weighted by Gasteiger charge is -2.45. The van der Waals surface area contributed by atoms with E-state index in [0.29, 0.717) is 12.0 Å². The van der Waals surface area contributed by atoms with E-state index in [1.54, 1.807) is 0 Å². The average Bonchev–Trinajstić information content (AvgIpc) is 3.53. The zero-order valence-electron chi connectivity index (χ0n) is 20.0. The van der Waals surface area contributed by atoms with E-state index in [4.69, 9.17) is 15.9 Å². The van der Waals surface area contributed by atoms with Crippen molar-refractivity contribution in [2.45, 2.75) is 57.2 Å². The number of likely N-dealkylation sites (tertiary alicyclic amines) is 1. The molecule has 34 heavy (non-hydrogen) atoms. The van der Waals surface area contributed by atoms with Gasteiger partial charge in [-0.15, -0.1) is 12.3 Å². The number of carbonyl (C=O) groups is 1. The molecule has 5 rings (SSSR count). The molecule has 3 aromatic rings. The molecule has 2 saturated heterocycles. The highest BCUT2D eigenvalue weighted by Gasteiger charge is 2.43. The monoisotopic (exact) mass is 456 g/mol. The van der Waals surface area contributed by atoms with E-state index in [1.807, 2.05) is 18.3 Å². The summed E-state index contributed by atoms with van der Waals surface area (Å²) in [5.74, 6) is 2.55. The number of aromatic nitrogens is 1. The van der Waals surface area contributed by atoms with Crippen LogP contribution in [0.3, 0.4) is 0 Å². The molecule has 0 bridgehead atoms. The zero-order valence-corrected chi connectivity index (χ0v) is 20.0. The van der Waals surface area contributed by atoms with Crippen LogP contribution in [0, 0.1) is 19.3 Å². The second-order valence-corrected chi connectivity index (χ2v) is 9.67. The number of aromatic amines is 1. The maximum atomic E-state index is 12.0. The number of carbonyl (C=O) groups excluding carboxylic acids is 1. The van der Waals surface area contributed by atoms with Crippen LogP contribution in [-0.2, 0) is 22.4 Å². The number of hydrogen-bond donors (Lipinski definition) is 1. The summed E-state index contributed by atoms with van der Waals surface area (Å²) in [6.07, 6.45) is 12.6. The number of esters is 1. The van der Waals surface area contributed by atoms with Crippen LogP contribution in [0.4, 0.5) is 0 Å². The van der Waals surface area contributed by atoms with E-state index in [9.17, 15) is 4.79 Å². The van der Waals surface area contributed by atoms with Crippen LogP contribution >= 0.6 is 0 Å². The standard InChI is InChI=1S/C29H32N2O3/c1-4-6-23-17-20(2)27-24(11-14-30-27)25(23)19-31-15-13-29(12-5-16-34-29)18-26(31)21-7-9-22(10-8-21)28(32)33-3/h1,7-11,14,17,26,30H,5-6,12-13,15-16,18-19H2,2-3H3/t26-,29+/m0/s1. The van der Waals surface area contributed by atoms with Crippen LogP contribution in [0.1, 0.15) is 64.3 Å². The summed E-state index contributed by atoms with van der Waals surface area (Å²) in [6.45, 7) is 4.77. The normalized spacial score (nSPS) is 22.8. The lowest BCUT2D eigenvalue weighted by molar-refractivity contribution is -0.0675. The van der Waals surface area contributed by atoms with Gasteiger partial charge in [-0.2, -0.15) is 0 Å². The number of hydrogen-bond acceptors (Lipinski definition) is 4. The van der Waals surface area contributed by atoms with Crippen LogP contribution in [0.2, 0.25) is 0 Å². The molecule has 0 amide bonds. The molecule has 0 unspecified atom stereocenters. The van der Waals surface area contributed by atoms with E-state index in [0.717, 1.165) is 45.4 Å². The number of piperidine rings is 1. The van der Waals surface area contributed by atoms with Gasteiger partial charge in [0.2, 0.25) is 0 Å². The van der Waals surface area contributed by atoms with Crippen molar-refractivity contribution >= 4 is 16.9 Å². The highest BCUT2D eigenvalue weighted by atomic mass is 16.5. The van der Waals surface area contributed by atoms with Gasteiger partial charge in [0, 0.05) is 49.3 Å². The Balaban J connectivity index is 1.52. The lowest BCUT2D eigenvalue weighted by atomic mass is 9.81. The van der Waals surface area contributed by atoms with Crippen molar-refractivity contribution in [3.05, 3.63) is 70.4 Å². The van der Waals surface area contributed by atoms with Crippen molar-refractivity contribution in [1.82, 2.24) is 9.88 Å². The minimum absolute atomic E-state index is 0.0412. The summed E-state index contributed by atoms with van der Waals surface area (Å²) in [7, 11) is 1.41. The SMILES string of the molecule is C#CCc1cc(C)c2[nH]ccc2c1CN1CC[C@]2(CCCO2)C[C@H]1c1ccc(C(=O)OC)cc1. The summed E-state index contributed by atoms with van der Waals surface area (Å²) in [6, 6.07) is 12.5. The topological polar surface area (TPSA) is 54.6 Å². The number of fused-ring (bicyclic) bond motifs is 1. The molecule has 176 valence electrons. The Labute approximate surface area is 201 Å². The highest BCUT2D eigenvalue weighted by Crippen LogP contribution is 2.45. The van der Waals surface area contributed by atoms with E-state index in [1.165, 1.54) is 40.3 Å². The number of nitrogens with zero attached hydrogens (tertiary/aromatic N) is 1. The van der Waals surface area contributed by atoms with Gasteiger partial charge in [0.05, 0.1) is 18.3 Å². The Hall–Kier alpha value is -3.07. The molecule has 0 radical (unpaired) electrons. The molecule has 1 N–H and O–H groups in total. The van der Waals surface area contributed by atoms with Gasteiger partial charge in [0.25, 0.3) is 0 Å². The molecule has 2 fully saturated rings. The number of nitrogens with one attached hydrogen (secondary N) is 1. The van der Waals surface area contributed by atoms with Gasteiger partial charge in [0.1, 0.15) is 0 Å². The number of ether oxygens (including phenoxy) is 2. The smallest absolute Gasteiger partial charge is 0.337 e. The third-order valence-electron chi connectivity index (χ3n) is 7.66.